The van der Waals surface area contributed by atoms with Crippen LogP contribution >= 0.6 is 0 Å². The highest BCUT2D eigenvalue weighted by atomic mass is 16.5. The molecule has 5 heteroatoms. The number of esters is 1. The van der Waals surface area contributed by atoms with Crippen molar-refractivity contribution in [2.75, 3.05) is 13.7 Å². The molecule has 118 valence electrons. The minimum atomic E-state index is -0.321. The van der Waals surface area contributed by atoms with Crippen molar-refractivity contribution in [1.82, 2.24) is 10.6 Å². The Hall–Kier alpha value is -2.30. The van der Waals surface area contributed by atoms with Crippen molar-refractivity contribution in [3.63, 3.8) is 0 Å². The monoisotopic (exact) mass is 301 g/mol. The normalized spacial score (nSPS) is 14.9. The lowest BCUT2D eigenvalue weighted by Gasteiger charge is -2.16. The van der Waals surface area contributed by atoms with E-state index in [4.69, 9.17) is 0 Å². The molecule has 1 aliphatic rings. The molecule has 0 saturated heterocycles. The molecule has 22 heavy (non-hydrogen) atoms. The van der Waals surface area contributed by atoms with Gasteiger partial charge in [-0.3, -0.25) is 0 Å². The van der Waals surface area contributed by atoms with E-state index in [1.54, 1.807) is 12.1 Å². The third-order valence-electron chi connectivity index (χ3n) is 3.49. The SMILES string of the molecule is CCNC(=NCc1ccc(C(=O)OC)cc1)NC1CC=CC1. The van der Waals surface area contributed by atoms with Gasteiger partial charge < -0.3 is 15.4 Å². The minimum Gasteiger partial charge on any atom is -0.465 e. The number of carbonyl (C=O) groups excluding carboxylic acids is 1. The summed E-state index contributed by atoms with van der Waals surface area (Å²) in [5.74, 6) is 0.507. The molecule has 0 atom stereocenters. The third-order valence-corrected chi connectivity index (χ3v) is 3.49. The summed E-state index contributed by atoms with van der Waals surface area (Å²) in [5.41, 5.74) is 1.60. The van der Waals surface area contributed by atoms with Crippen LogP contribution in [0.25, 0.3) is 0 Å². The fourth-order valence-electron chi connectivity index (χ4n) is 2.28. The zero-order valence-corrected chi connectivity index (χ0v) is 13.1. The number of guanidine groups is 1. The predicted molar refractivity (Wildman–Crippen MR) is 87.9 cm³/mol. The Kier molecular flexibility index (Phi) is 6.01. The van der Waals surface area contributed by atoms with Crippen LogP contribution in [0, 0.1) is 0 Å². The molecule has 0 bridgehead atoms. The van der Waals surface area contributed by atoms with E-state index in [-0.39, 0.29) is 5.97 Å². The molecule has 0 radical (unpaired) electrons. The smallest absolute Gasteiger partial charge is 0.337 e. The van der Waals surface area contributed by atoms with Crippen LogP contribution in [0.1, 0.15) is 35.7 Å². The number of methoxy groups -OCH3 is 1. The number of hydrogen-bond donors (Lipinski definition) is 2. The molecule has 2 rings (SSSR count). The van der Waals surface area contributed by atoms with E-state index in [1.165, 1.54) is 7.11 Å². The minimum absolute atomic E-state index is 0.321. The fraction of sp³-hybridized carbons (Fsp3) is 0.412. The van der Waals surface area contributed by atoms with Crippen LogP contribution < -0.4 is 10.6 Å². The second-order valence-electron chi connectivity index (χ2n) is 5.17. The molecule has 2 N–H and O–H groups in total. The Morgan fingerprint density at radius 1 is 1.27 bits per heavy atom. The molecule has 0 heterocycles. The van der Waals surface area contributed by atoms with E-state index in [9.17, 15) is 4.79 Å². The molecular formula is C17H23N3O2. The van der Waals surface area contributed by atoms with Crippen molar-refractivity contribution in [1.29, 1.82) is 0 Å². The lowest BCUT2D eigenvalue weighted by atomic mass is 10.1. The van der Waals surface area contributed by atoms with E-state index >= 15 is 0 Å². The first-order valence-electron chi connectivity index (χ1n) is 7.60. The van der Waals surface area contributed by atoms with Gasteiger partial charge in [0.05, 0.1) is 19.2 Å². The van der Waals surface area contributed by atoms with Crippen molar-refractivity contribution in [3.8, 4) is 0 Å². The average molecular weight is 301 g/mol. The molecule has 0 amide bonds. The van der Waals surface area contributed by atoms with Gasteiger partial charge in [-0.2, -0.15) is 0 Å². The third kappa shape index (κ3) is 4.62. The Morgan fingerprint density at radius 3 is 2.55 bits per heavy atom. The van der Waals surface area contributed by atoms with Crippen LogP contribution in [-0.4, -0.2) is 31.6 Å². The van der Waals surface area contributed by atoms with Crippen LogP contribution in [-0.2, 0) is 11.3 Å². The molecule has 0 unspecified atom stereocenters. The molecule has 1 aromatic rings. The summed E-state index contributed by atoms with van der Waals surface area (Å²) in [6, 6.07) is 7.75. The highest BCUT2D eigenvalue weighted by Gasteiger charge is 2.11. The molecule has 0 spiro atoms. The number of aliphatic imine (C=N–C) groups is 1. The first kappa shape index (κ1) is 16.1. The Balaban J connectivity index is 1.95. The van der Waals surface area contributed by atoms with Gasteiger partial charge >= 0.3 is 5.97 Å². The molecule has 1 aromatic carbocycles. The van der Waals surface area contributed by atoms with Crippen LogP contribution in [0.5, 0.6) is 0 Å². The van der Waals surface area contributed by atoms with Crippen LogP contribution in [0.4, 0.5) is 0 Å². The van der Waals surface area contributed by atoms with Gasteiger partial charge in [-0.25, -0.2) is 9.79 Å². The summed E-state index contributed by atoms with van der Waals surface area (Å²) in [6.45, 7) is 3.44. The number of rotatable bonds is 5. The molecule has 1 aliphatic carbocycles. The van der Waals surface area contributed by atoms with E-state index in [0.717, 1.165) is 30.9 Å². The van der Waals surface area contributed by atoms with Crippen molar-refractivity contribution < 1.29 is 9.53 Å². The summed E-state index contributed by atoms with van der Waals surface area (Å²) < 4.78 is 4.69. The number of nitrogens with zero attached hydrogens (tertiary/aromatic N) is 1. The van der Waals surface area contributed by atoms with E-state index < -0.39 is 0 Å². The van der Waals surface area contributed by atoms with Gasteiger partial charge in [0.25, 0.3) is 0 Å². The lowest BCUT2D eigenvalue weighted by Crippen LogP contribution is -2.42. The number of nitrogens with one attached hydrogen (secondary N) is 2. The van der Waals surface area contributed by atoms with Gasteiger partial charge in [-0.1, -0.05) is 24.3 Å². The van der Waals surface area contributed by atoms with Crippen LogP contribution in [0.3, 0.4) is 0 Å². The Labute approximate surface area is 131 Å². The molecular weight excluding hydrogens is 278 g/mol. The van der Waals surface area contributed by atoms with Gasteiger partial charge in [0, 0.05) is 12.6 Å². The Bertz CT molecular complexity index is 542. The maximum absolute atomic E-state index is 11.4. The van der Waals surface area contributed by atoms with Gasteiger partial charge in [-0.15, -0.1) is 0 Å². The van der Waals surface area contributed by atoms with Crippen LogP contribution in [0.2, 0.25) is 0 Å². The molecule has 0 fully saturated rings. The zero-order chi connectivity index (χ0) is 15.8. The molecule has 0 aromatic heterocycles. The summed E-state index contributed by atoms with van der Waals surface area (Å²) in [4.78, 5) is 16.0. The number of benzene rings is 1. The largest absolute Gasteiger partial charge is 0.465 e. The highest BCUT2D eigenvalue weighted by Crippen LogP contribution is 2.09. The summed E-state index contributed by atoms with van der Waals surface area (Å²) in [5, 5.41) is 6.68. The van der Waals surface area contributed by atoms with Crippen molar-refractivity contribution in [2.24, 2.45) is 4.99 Å². The second-order valence-corrected chi connectivity index (χ2v) is 5.17. The van der Waals surface area contributed by atoms with Gasteiger partial charge in [0.1, 0.15) is 0 Å². The number of carbonyl (C=O) groups is 1. The second kappa shape index (κ2) is 8.22. The van der Waals surface area contributed by atoms with Crippen LogP contribution in [0.15, 0.2) is 41.4 Å². The Morgan fingerprint density at radius 2 is 1.95 bits per heavy atom. The topological polar surface area (TPSA) is 62.7 Å². The lowest BCUT2D eigenvalue weighted by molar-refractivity contribution is 0.0600. The van der Waals surface area contributed by atoms with E-state index in [1.807, 2.05) is 12.1 Å². The fourth-order valence-corrected chi connectivity index (χ4v) is 2.28. The summed E-state index contributed by atoms with van der Waals surface area (Å²) >= 11 is 0. The highest BCUT2D eigenvalue weighted by molar-refractivity contribution is 5.89. The first-order valence-corrected chi connectivity index (χ1v) is 7.60. The summed E-state index contributed by atoms with van der Waals surface area (Å²) in [7, 11) is 1.38. The molecule has 0 aliphatic heterocycles. The zero-order valence-electron chi connectivity index (χ0n) is 13.1. The van der Waals surface area contributed by atoms with Crippen molar-refractivity contribution in [2.45, 2.75) is 32.4 Å². The molecule has 5 nitrogen and oxygen atoms in total. The predicted octanol–water partition coefficient (Wildman–Crippen LogP) is 2.25. The van der Waals surface area contributed by atoms with E-state index in [0.29, 0.717) is 18.2 Å². The number of hydrogen-bond acceptors (Lipinski definition) is 3. The number of ether oxygens (including phenoxy) is 1. The molecule has 0 saturated carbocycles. The van der Waals surface area contributed by atoms with Crippen molar-refractivity contribution in [3.05, 3.63) is 47.5 Å². The summed E-state index contributed by atoms with van der Waals surface area (Å²) in [6.07, 6.45) is 6.45. The van der Waals surface area contributed by atoms with Gasteiger partial charge in [-0.05, 0) is 37.5 Å². The van der Waals surface area contributed by atoms with Crippen molar-refractivity contribution >= 4 is 11.9 Å². The maximum atomic E-state index is 11.4. The standard InChI is InChI=1S/C17H23N3O2/c1-3-18-17(20-15-6-4-5-7-15)19-12-13-8-10-14(11-9-13)16(21)22-2/h4-5,8-11,15H,3,6-7,12H2,1-2H3,(H2,18,19,20). The van der Waals surface area contributed by atoms with Gasteiger partial charge in [0.2, 0.25) is 0 Å². The van der Waals surface area contributed by atoms with Gasteiger partial charge in [0.15, 0.2) is 5.96 Å². The average Bonchev–Trinajstić information content (AvgIpc) is 3.05. The quantitative estimate of drug-likeness (QED) is 0.379. The maximum Gasteiger partial charge on any atom is 0.337 e. The first-order chi connectivity index (χ1) is 10.7. The van der Waals surface area contributed by atoms with E-state index in [2.05, 4.69) is 39.4 Å².